The molecule has 0 aliphatic carbocycles. The molecule has 2 heterocycles. The molecule has 0 saturated carbocycles. The third-order valence-electron chi connectivity index (χ3n) is 3.57. The summed E-state index contributed by atoms with van der Waals surface area (Å²) in [6, 6.07) is 0.941. The first kappa shape index (κ1) is 27.5. The number of hydrogen-bond donors (Lipinski definition) is 6. The molecule has 0 radical (unpaired) electrons. The van der Waals surface area contributed by atoms with Gasteiger partial charge in [0.15, 0.2) is 9.79 Å². The van der Waals surface area contributed by atoms with E-state index in [1.54, 1.807) is 0 Å². The van der Waals surface area contributed by atoms with Crippen molar-refractivity contribution >= 4 is 53.8 Å². The van der Waals surface area contributed by atoms with Crippen LogP contribution in [0.3, 0.4) is 0 Å². The summed E-state index contributed by atoms with van der Waals surface area (Å²) in [7, 11) is -7.56. The van der Waals surface area contributed by atoms with Crippen LogP contribution in [0.4, 0.5) is 0 Å². The van der Waals surface area contributed by atoms with Crippen LogP contribution in [0.15, 0.2) is 21.9 Å². The summed E-state index contributed by atoms with van der Waals surface area (Å²) in [5, 5.41) is 38.3. The average Bonchev–Trinajstić information content (AvgIpc) is 3.15. The maximum Gasteiger partial charge on any atom is 0.334 e. The summed E-state index contributed by atoms with van der Waals surface area (Å²) in [6.45, 7) is 0. The van der Waals surface area contributed by atoms with E-state index in [9.17, 15) is 46.9 Å². The fourth-order valence-corrected chi connectivity index (χ4v) is 5.20. The zero-order chi connectivity index (χ0) is 25.8. The van der Waals surface area contributed by atoms with Gasteiger partial charge in [-0.15, -0.1) is 9.46 Å². The van der Waals surface area contributed by atoms with Gasteiger partial charge in [0.05, 0.1) is 12.8 Å². The second kappa shape index (κ2) is 10.7. The lowest BCUT2D eigenvalue weighted by Crippen LogP contribution is -2.20. The van der Waals surface area contributed by atoms with Gasteiger partial charge in [-0.25, -0.2) is 9.59 Å². The van der Waals surface area contributed by atoms with Crippen molar-refractivity contribution in [2.24, 2.45) is 0 Å². The van der Waals surface area contributed by atoms with E-state index in [1.165, 1.54) is 0 Å². The molecule has 2 rings (SSSR count). The van der Waals surface area contributed by atoms with E-state index in [2.05, 4.69) is 9.68 Å². The minimum absolute atomic E-state index is 0.110. The van der Waals surface area contributed by atoms with Gasteiger partial charge < -0.3 is 30.1 Å². The van der Waals surface area contributed by atoms with Crippen molar-refractivity contribution in [1.29, 1.82) is 0 Å². The molecule has 2 aromatic heterocycles. The highest BCUT2D eigenvalue weighted by Gasteiger charge is 2.27. The Balaban J connectivity index is 1.75. The second-order valence-electron chi connectivity index (χ2n) is 5.99. The highest BCUT2D eigenvalue weighted by Crippen LogP contribution is 2.31. The summed E-state index contributed by atoms with van der Waals surface area (Å²) in [4.78, 5) is 30.6. The largest absolute Gasteiger partial charge is 0.492 e. The monoisotopic (exact) mass is 564 g/mol. The average molecular weight is 565 g/mol. The van der Waals surface area contributed by atoms with Crippen molar-refractivity contribution in [1.82, 2.24) is 9.46 Å². The smallest absolute Gasteiger partial charge is 0.334 e. The molecule has 0 saturated heterocycles. The summed E-state index contributed by atoms with van der Waals surface area (Å²) in [5.74, 6) is -6.07. The van der Waals surface area contributed by atoms with Gasteiger partial charge in [-0.3, -0.25) is 9.11 Å². The number of aromatic hydroxyl groups is 4. The molecule has 0 fully saturated rings. The first-order chi connectivity index (χ1) is 15.6. The van der Waals surface area contributed by atoms with E-state index >= 15 is 0 Å². The first-order valence-electron chi connectivity index (χ1n) is 8.52. The molecule has 0 unspecified atom stereocenters. The molecule has 0 aliphatic rings. The summed E-state index contributed by atoms with van der Waals surface area (Å²) in [6.07, 6.45) is -0.548. The third-order valence-corrected chi connectivity index (χ3v) is 7.69. The molecule has 34 heavy (non-hydrogen) atoms. The molecule has 0 atom stereocenters. The standard InChI is InChI=1S/C14H16N2O14S4/c17-9-5-7(33(23,24)25)13(21)15(9)29-11(19)1-3-31-32-4-2-12(20)30-16-10(18)6-8(14(16)22)34(26,27)28/h5-6,17-18,21-22H,1-4H2,(H,23,24,25)(H,26,27,28). The summed E-state index contributed by atoms with van der Waals surface area (Å²) in [5.41, 5.74) is 0. The Bertz CT molecular complexity index is 1190. The molecule has 0 aromatic carbocycles. The van der Waals surface area contributed by atoms with Crippen molar-refractivity contribution in [2.75, 3.05) is 11.5 Å². The van der Waals surface area contributed by atoms with Gasteiger partial charge >= 0.3 is 11.9 Å². The topological polar surface area (TPSA) is 252 Å². The molecule has 0 bridgehead atoms. The lowest BCUT2D eigenvalue weighted by Gasteiger charge is -2.07. The van der Waals surface area contributed by atoms with Crippen LogP contribution in [-0.2, 0) is 29.8 Å². The lowest BCUT2D eigenvalue weighted by atomic mass is 10.5. The van der Waals surface area contributed by atoms with Gasteiger partial charge in [0.25, 0.3) is 32.0 Å². The van der Waals surface area contributed by atoms with E-state index in [4.69, 9.17) is 9.11 Å². The highest BCUT2D eigenvalue weighted by atomic mass is 33.1. The van der Waals surface area contributed by atoms with Crippen LogP contribution >= 0.6 is 21.6 Å². The van der Waals surface area contributed by atoms with Gasteiger partial charge in [-0.05, 0) is 0 Å². The molecule has 0 spiro atoms. The van der Waals surface area contributed by atoms with Gasteiger partial charge in [-0.2, -0.15) is 16.8 Å². The van der Waals surface area contributed by atoms with Crippen molar-refractivity contribution in [3.05, 3.63) is 12.1 Å². The Morgan fingerprint density at radius 1 is 0.735 bits per heavy atom. The highest BCUT2D eigenvalue weighted by molar-refractivity contribution is 8.76. The van der Waals surface area contributed by atoms with Crippen LogP contribution < -0.4 is 9.68 Å². The molecule has 0 aliphatic heterocycles. The number of rotatable bonds is 11. The number of carbonyl (C=O) groups excluding carboxylic acids is 2. The van der Waals surface area contributed by atoms with Crippen LogP contribution in [0.25, 0.3) is 0 Å². The zero-order valence-electron chi connectivity index (χ0n) is 16.5. The minimum atomic E-state index is -4.87. The number of nitrogens with zero attached hydrogens (tertiary/aromatic N) is 2. The predicted octanol–water partition coefficient (Wildman–Crippen LogP) is -0.622. The van der Waals surface area contributed by atoms with Crippen LogP contribution in [0.5, 0.6) is 23.5 Å². The van der Waals surface area contributed by atoms with Crippen molar-refractivity contribution < 1.29 is 65.6 Å². The second-order valence-corrected chi connectivity index (χ2v) is 11.5. The van der Waals surface area contributed by atoms with Crippen molar-refractivity contribution in [3.63, 3.8) is 0 Å². The van der Waals surface area contributed by atoms with E-state index < -0.39 is 65.5 Å². The molecule has 20 heteroatoms. The van der Waals surface area contributed by atoms with Crippen LogP contribution in [0, 0.1) is 0 Å². The van der Waals surface area contributed by atoms with Gasteiger partial charge in [0.1, 0.15) is 0 Å². The fraction of sp³-hybridized carbons (Fsp3) is 0.286. The van der Waals surface area contributed by atoms with Crippen LogP contribution in [-0.4, -0.2) is 79.3 Å². The van der Waals surface area contributed by atoms with Crippen molar-refractivity contribution in [2.45, 2.75) is 22.6 Å². The van der Waals surface area contributed by atoms with E-state index in [1.807, 2.05) is 0 Å². The van der Waals surface area contributed by atoms with Crippen LogP contribution in [0.2, 0.25) is 0 Å². The van der Waals surface area contributed by atoms with Crippen molar-refractivity contribution in [3.8, 4) is 23.5 Å². The molecule has 16 nitrogen and oxygen atoms in total. The molecule has 190 valence electrons. The molecular formula is C14H16N2O14S4. The zero-order valence-corrected chi connectivity index (χ0v) is 19.7. The maximum absolute atomic E-state index is 11.8. The Kier molecular flexibility index (Phi) is 8.60. The molecule has 0 amide bonds. The van der Waals surface area contributed by atoms with E-state index in [0.29, 0.717) is 12.1 Å². The van der Waals surface area contributed by atoms with Gasteiger partial charge in [0, 0.05) is 23.6 Å². The normalized spacial score (nSPS) is 11.9. The van der Waals surface area contributed by atoms with Gasteiger partial charge in [0.2, 0.25) is 11.8 Å². The Morgan fingerprint density at radius 2 is 1.06 bits per heavy atom. The SMILES string of the molecule is O=C(CCSSCCC(=O)On1c(O)cc(S(=O)(=O)O)c1O)On1c(O)cc(S(=O)(=O)O)c1O. The van der Waals surface area contributed by atoms with Gasteiger partial charge in [-0.1, -0.05) is 21.6 Å². The lowest BCUT2D eigenvalue weighted by molar-refractivity contribution is -0.145. The Hall–Kier alpha value is -2.78. The van der Waals surface area contributed by atoms with Crippen LogP contribution in [0.1, 0.15) is 12.8 Å². The predicted molar refractivity (Wildman–Crippen MR) is 112 cm³/mol. The van der Waals surface area contributed by atoms with E-state index in [-0.39, 0.29) is 33.8 Å². The summed E-state index contributed by atoms with van der Waals surface area (Å²) >= 11 is 0. The first-order valence-corrected chi connectivity index (χ1v) is 13.9. The van der Waals surface area contributed by atoms with E-state index in [0.717, 1.165) is 21.6 Å². The maximum atomic E-state index is 11.8. The number of aromatic nitrogens is 2. The summed E-state index contributed by atoms with van der Waals surface area (Å²) < 4.78 is 62.1. The number of carbonyl (C=O) groups is 2. The Morgan fingerprint density at radius 3 is 1.32 bits per heavy atom. The molecule has 2 aromatic rings. The Labute approximate surface area is 198 Å². The third kappa shape index (κ3) is 6.87. The molecular weight excluding hydrogens is 548 g/mol. The molecule has 6 N–H and O–H groups in total. The number of hydrogen-bond acceptors (Lipinski definition) is 14. The minimum Gasteiger partial charge on any atom is -0.492 e. The fourth-order valence-electron chi connectivity index (χ4n) is 2.12. The quantitative estimate of drug-likeness (QED) is 0.113.